The molecule has 0 aromatic heterocycles. The second-order valence-electron chi connectivity index (χ2n) is 6.95. The molecule has 2 saturated heterocycles. The van der Waals surface area contributed by atoms with Crippen LogP contribution in [-0.4, -0.2) is 42.9 Å². The van der Waals surface area contributed by atoms with Gasteiger partial charge in [0.25, 0.3) is 0 Å². The van der Waals surface area contributed by atoms with Crippen molar-refractivity contribution in [1.82, 2.24) is 4.90 Å². The molecule has 0 radical (unpaired) electrons. The minimum Gasteiger partial charge on any atom is -0.341 e. The normalized spacial score (nSPS) is 26.1. The fourth-order valence-electron chi connectivity index (χ4n) is 3.42. The van der Waals surface area contributed by atoms with Crippen LogP contribution in [-0.2, 0) is 9.59 Å². The van der Waals surface area contributed by atoms with E-state index in [4.69, 9.17) is 5.73 Å². The van der Waals surface area contributed by atoms with Crippen LogP contribution in [0.3, 0.4) is 0 Å². The van der Waals surface area contributed by atoms with Crippen molar-refractivity contribution in [2.45, 2.75) is 19.8 Å². The number of nitrogens with two attached hydrogens (primary N) is 1. The van der Waals surface area contributed by atoms with E-state index < -0.39 is 17.6 Å². The monoisotopic (exact) mass is 373 g/mol. The van der Waals surface area contributed by atoms with Gasteiger partial charge in [-0.15, -0.1) is 12.4 Å². The molecule has 3 rings (SSSR count). The number of likely N-dealkylation sites (tertiary alicyclic amines) is 1. The van der Waals surface area contributed by atoms with Gasteiger partial charge in [0.15, 0.2) is 11.6 Å². The lowest BCUT2D eigenvalue weighted by Gasteiger charge is -2.24. The standard InChI is InChI=1S/C17H21F2N3O2.ClH/c1-17(9-20)5-7-21(10-17)15(23)12-4-6-22(16(12)24)11-2-3-13(18)14(19)8-11;/h2-3,8,12H,4-7,9-10,20H2,1H3;1H. The SMILES string of the molecule is CC1(CN)CCN(C(=O)C2CCN(c3ccc(F)c(F)c3)C2=O)C1.Cl. The smallest absolute Gasteiger partial charge is 0.239 e. The average molecular weight is 374 g/mol. The number of anilines is 1. The summed E-state index contributed by atoms with van der Waals surface area (Å²) in [6.45, 7) is 4.00. The van der Waals surface area contributed by atoms with Gasteiger partial charge < -0.3 is 15.5 Å². The topological polar surface area (TPSA) is 66.6 Å². The van der Waals surface area contributed by atoms with Crippen LogP contribution in [0.4, 0.5) is 14.5 Å². The maximum absolute atomic E-state index is 13.4. The molecule has 2 aliphatic rings. The predicted octanol–water partition coefficient (Wildman–Crippen LogP) is 1.94. The summed E-state index contributed by atoms with van der Waals surface area (Å²) in [4.78, 5) is 28.3. The molecule has 138 valence electrons. The van der Waals surface area contributed by atoms with Gasteiger partial charge in [-0.2, -0.15) is 0 Å². The Morgan fingerprint density at radius 1 is 1.32 bits per heavy atom. The van der Waals surface area contributed by atoms with Crippen LogP contribution in [0.25, 0.3) is 0 Å². The minimum absolute atomic E-state index is 0. The average Bonchev–Trinajstić information content (AvgIpc) is 3.14. The number of carbonyl (C=O) groups excluding carboxylic acids is 2. The van der Waals surface area contributed by atoms with Gasteiger partial charge in [0.1, 0.15) is 5.92 Å². The molecule has 2 unspecified atom stereocenters. The third-order valence-corrected chi connectivity index (χ3v) is 5.08. The summed E-state index contributed by atoms with van der Waals surface area (Å²) in [7, 11) is 0. The molecular weight excluding hydrogens is 352 g/mol. The van der Waals surface area contributed by atoms with Gasteiger partial charge >= 0.3 is 0 Å². The number of hydrogen-bond acceptors (Lipinski definition) is 3. The van der Waals surface area contributed by atoms with E-state index in [9.17, 15) is 18.4 Å². The predicted molar refractivity (Wildman–Crippen MR) is 92.4 cm³/mol. The zero-order valence-corrected chi connectivity index (χ0v) is 14.8. The first-order chi connectivity index (χ1) is 11.3. The van der Waals surface area contributed by atoms with Crippen molar-refractivity contribution in [1.29, 1.82) is 0 Å². The maximum Gasteiger partial charge on any atom is 0.239 e. The molecule has 2 amide bonds. The molecule has 0 bridgehead atoms. The summed E-state index contributed by atoms with van der Waals surface area (Å²) < 4.78 is 26.4. The highest BCUT2D eigenvalue weighted by atomic mass is 35.5. The highest BCUT2D eigenvalue weighted by molar-refractivity contribution is 6.09. The summed E-state index contributed by atoms with van der Waals surface area (Å²) in [5.41, 5.74) is 5.94. The van der Waals surface area contributed by atoms with Crippen molar-refractivity contribution in [3.05, 3.63) is 29.8 Å². The number of nitrogens with zero attached hydrogens (tertiary/aromatic N) is 2. The molecule has 5 nitrogen and oxygen atoms in total. The van der Waals surface area contributed by atoms with Gasteiger partial charge in [0, 0.05) is 31.4 Å². The third-order valence-electron chi connectivity index (χ3n) is 5.08. The Bertz CT molecular complexity index is 688. The van der Waals surface area contributed by atoms with Crippen LogP contribution in [0.1, 0.15) is 19.8 Å². The lowest BCUT2D eigenvalue weighted by atomic mass is 9.90. The molecule has 1 aromatic rings. The molecule has 2 heterocycles. The van der Waals surface area contributed by atoms with E-state index in [1.807, 2.05) is 6.92 Å². The zero-order valence-electron chi connectivity index (χ0n) is 14.0. The van der Waals surface area contributed by atoms with Crippen LogP contribution in [0, 0.1) is 23.0 Å². The second kappa shape index (κ2) is 7.25. The molecule has 0 spiro atoms. The highest BCUT2D eigenvalue weighted by Gasteiger charge is 2.43. The van der Waals surface area contributed by atoms with E-state index >= 15 is 0 Å². The van der Waals surface area contributed by atoms with E-state index in [0.29, 0.717) is 32.6 Å². The molecular formula is C17H22ClF2N3O2. The number of benzene rings is 1. The van der Waals surface area contributed by atoms with Gasteiger partial charge in [0.05, 0.1) is 0 Å². The van der Waals surface area contributed by atoms with Gasteiger partial charge in [-0.25, -0.2) is 8.78 Å². The largest absolute Gasteiger partial charge is 0.341 e. The summed E-state index contributed by atoms with van der Waals surface area (Å²) in [5, 5.41) is 0. The maximum atomic E-state index is 13.4. The van der Waals surface area contributed by atoms with E-state index in [1.54, 1.807) is 4.90 Å². The van der Waals surface area contributed by atoms with Crippen molar-refractivity contribution >= 4 is 29.9 Å². The Labute approximate surface area is 151 Å². The molecule has 2 atom stereocenters. The lowest BCUT2D eigenvalue weighted by Crippen LogP contribution is -2.40. The first kappa shape index (κ1) is 19.6. The quantitative estimate of drug-likeness (QED) is 0.823. The number of rotatable bonds is 3. The van der Waals surface area contributed by atoms with Crippen molar-refractivity contribution in [2.24, 2.45) is 17.1 Å². The Morgan fingerprint density at radius 2 is 2.04 bits per heavy atom. The first-order valence-electron chi connectivity index (χ1n) is 8.10. The summed E-state index contributed by atoms with van der Waals surface area (Å²) in [6, 6.07) is 3.33. The second-order valence-corrected chi connectivity index (χ2v) is 6.95. The molecule has 2 N–H and O–H groups in total. The summed E-state index contributed by atoms with van der Waals surface area (Å²) in [5.74, 6) is -3.27. The van der Waals surface area contributed by atoms with Crippen LogP contribution < -0.4 is 10.6 Å². The van der Waals surface area contributed by atoms with Crippen molar-refractivity contribution in [3.8, 4) is 0 Å². The molecule has 0 saturated carbocycles. The van der Waals surface area contributed by atoms with E-state index in [1.165, 1.54) is 11.0 Å². The Hall–Kier alpha value is -1.73. The summed E-state index contributed by atoms with van der Waals surface area (Å²) >= 11 is 0. The van der Waals surface area contributed by atoms with E-state index in [2.05, 4.69) is 0 Å². The summed E-state index contributed by atoms with van der Waals surface area (Å²) in [6.07, 6.45) is 1.20. The zero-order chi connectivity index (χ0) is 17.5. The van der Waals surface area contributed by atoms with Crippen molar-refractivity contribution in [2.75, 3.05) is 31.1 Å². The van der Waals surface area contributed by atoms with Gasteiger partial charge in [-0.05, 0) is 36.9 Å². The fraction of sp³-hybridized carbons (Fsp3) is 0.529. The Balaban J connectivity index is 0.00000225. The van der Waals surface area contributed by atoms with Gasteiger partial charge in [0.2, 0.25) is 11.8 Å². The number of carbonyl (C=O) groups is 2. The van der Waals surface area contributed by atoms with Gasteiger partial charge in [-0.1, -0.05) is 6.92 Å². The fourth-order valence-corrected chi connectivity index (χ4v) is 3.42. The Morgan fingerprint density at radius 3 is 2.64 bits per heavy atom. The number of hydrogen-bond donors (Lipinski definition) is 1. The van der Waals surface area contributed by atoms with E-state index in [-0.39, 0.29) is 35.3 Å². The molecule has 2 fully saturated rings. The molecule has 25 heavy (non-hydrogen) atoms. The van der Waals surface area contributed by atoms with Crippen molar-refractivity contribution < 1.29 is 18.4 Å². The first-order valence-corrected chi connectivity index (χ1v) is 8.10. The lowest BCUT2D eigenvalue weighted by molar-refractivity contribution is -0.139. The molecule has 1 aromatic carbocycles. The highest BCUT2D eigenvalue weighted by Crippen LogP contribution is 2.32. The molecule has 0 aliphatic carbocycles. The van der Waals surface area contributed by atoms with Crippen molar-refractivity contribution in [3.63, 3.8) is 0 Å². The minimum atomic E-state index is -1.01. The Kier molecular flexibility index (Phi) is 5.68. The van der Waals surface area contributed by atoms with Crippen LogP contribution in [0.5, 0.6) is 0 Å². The van der Waals surface area contributed by atoms with Crippen LogP contribution >= 0.6 is 12.4 Å². The van der Waals surface area contributed by atoms with Crippen LogP contribution in [0.2, 0.25) is 0 Å². The molecule has 2 aliphatic heterocycles. The van der Waals surface area contributed by atoms with Gasteiger partial charge in [-0.3, -0.25) is 9.59 Å². The van der Waals surface area contributed by atoms with E-state index in [0.717, 1.165) is 18.6 Å². The number of halogens is 3. The third kappa shape index (κ3) is 3.62. The molecule has 8 heteroatoms. The number of amides is 2. The van der Waals surface area contributed by atoms with Crippen LogP contribution in [0.15, 0.2) is 18.2 Å².